The second-order valence-electron chi connectivity index (χ2n) is 4.34. The molecule has 3 aliphatic heterocycles. The molecule has 0 saturated heterocycles. The smallest absolute Gasteiger partial charge is 0.365 e. The van der Waals surface area contributed by atoms with E-state index in [1.54, 1.807) is 0 Å². The first kappa shape index (κ1) is 12.4. The van der Waals surface area contributed by atoms with E-state index in [1.165, 1.54) is 6.92 Å². The summed E-state index contributed by atoms with van der Waals surface area (Å²) in [6, 6.07) is 0. The van der Waals surface area contributed by atoms with E-state index < -0.39 is 23.1 Å². The molecule has 0 aromatic rings. The summed E-state index contributed by atoms with van der Waals surface area (Å²) in [6.45, 7) is 8.11. The second kappa shape index (κ2) is 3.70. The second-order valence-corrected chi connectivity index (χ2v) is 4.34. The lowest BCUT2D eigenvalue weighted by molar-refractivity contribution is -0.322. The monoisotopic (exact) mass is 275 g/mol. The minimum Gasteiger partial charge on any atom is -0.435 e. The highest BCUT2D eigenvalue weighted by Crippen LogP contribution is 2.50. The van der Waals surface area contributed by atoms with Crippen molar-refractivity contribution >= 4 is 29.4 Å². The maximum atomic E-state index is 11.5. The Morgan fingerprint density at radius 2 is 1.60 bits per heavy atom. The third kappa shape index (κ3) is 1.21. The minimum atomic E-state index is -1.38. The molecule has 0 aromatic carbocycles. The molecule has 2 atom stereocenters. The van der Waals surface area contributed by atoms with Gasteiger partial charge in [-0.2, -0.15) is 4.89 Å². The Balaban J connectivity index is 1.92. The molecule has 3 aliphatic rings. The molecule has 3 heterocycles. The first-order chi connectivity index (χ1) is 9.47. The molecule has 0 fully saturated rings. The third-order valence-electron chi connectivity index (χ3n) is 3.24. The summed E-state index contributed by atoms with van der Waals surface area (Å²) in [5.74, 6) is -0.738. The van der Waals surface area contributed by atoms with Gasteiger partial charge in [0.15, 0.2) is 17.5 Å². The summed E-state index contributed by atoms with van der Waals surface area (Å²) < 4.78 is 5.31. The van der Waals surface area contributed by atoms with E-state index >= 15 is 0 Å². The zero-order valence-corrected chi connectivity index (χ0v) is 10.5. The van der Waals surface area contributed by atoms with Gasteiger partial charge in [-0.1, -0.05) is 13.2 Å². The molecule has 20 heavy (non-hydrogen) atoms. The van der Waals surface area contributed by atoms with Gasteiger partial charge in [0.25, 0.3) is 5.60 Å². The molecule has 0 N–H and O–H groups in total. The van der Waals surface area contributed by atoms with Gasteiger partial charge in [0, 0.05) is 12.2 Å². The SMILES string of the molecule is C=CC(=O)OOC1(C)C2=NC3=NC(=N2)C31OC(=O)C=C. The summed E-state index contributed by atoms with van der Waals surface area (Å²) >= 11 is 0. The van der Waals surface area contributed by atoms with E-state index in [0.29, 0.717) is 0 Å². The van der Waals surface area contributed by atoms with Gasteiger partial charge in [0.2, 0.25) is 5.60 Å². The molecular weight excluding hydrogens is 266 g/mol. The average Bonchev–Trinajstić information content (AvgIpc) is 2.74. The molecule has 0 aromatic heterocycles. The Morgan fingerprint density at radius 1 is 1.05 bits per heavy atom. The van der Waals surface area contributed by atoms with E-state index in [0.717, 1.165) is 12.2 Å². The predicted molar refractivity (Wildman–Crippen MR) is 67.1 cm³/mol. The highest BCUT2D eigenvalue weighted by Gasteiger charge is 2.77. The van der Waals surface area contributed by atoms with Crippen LogP contribution in [0.1, 0.15) is 6.92 Å². The van der Waals surface area contributed by atoms with E-state index in [1.807, 2.05) is 0 Å². The van der Waals surface area contributed by atoms with E-state index in [-0.39, 0.29) is 17.5 Å². The Kier molecular flexibility index (Phi) is 2.30. The Morgan fingerprint density at radius 3 is 2.15 bits per heavy atom. The molecule has 0 saturated carbocycles. The number of aliphatic imine (C=N–C) groups is 3. The molecular formula is C12H9N3O5. The molecule has 8 nitrogen and oxygen atoms in total. The van der Waals surface area contributed by atoms with Gasteiger partial charge in [-0.15, -0.1) is 0 Å². The first-order valence-electron chi connectivity index (χ1n) is 5.63. The van der Waals surface area contributed by atoms with Crippen molar-refractivity contribution in [2.24, 2.45) is 15.0 Å². The molecule has 3 rings (SSSR count). The maximum Gasteiger partial charge on any atom is 0.365 e. The van der Waals surface area contributed by atoms with E-state index in [4.69, 9.17) is 9.62 Å². The minimum absolute atomic E-state index is 0.228. The number of nitrogens with zero attached hydrogens (tertiary/aromatic N) is 3. The Labute approximate surface area is 113 Å². The zero-order valence-electron chi connectivity index (χ0n) is 10.5. The molecule has 0 radical (unpaired) electrons. The largest absolute Gasteiger partial charge is 0.435 e. The van der Waals surface area contributed by atoms with Gasteiger partial charge in [-0.25, -0.2) is 24.6 Å². The van der Waals surface area contributed by atoms with Gasteiger partial charge in [0.05, 0.1) is 0 Å². The van der Waals surface area contributed by atoms with Crippen LogP contribution >= 0.6 is 0 Å². The number of carbonyl (C=O) groups is 2. The van der Waals surface area contributed by atoms with Gasteiger partial charge in [-0.05, 0) is 6.92 Å². The van der Waals surface area contributed by atoms with Crippen LogP contribution in [0.2, 0.25) is 0 Å². The molecule has 0 amide bonds. The fourth-order valence-electron chi connectivity index (χ4n) is 2.17. The topological polar surface area (TPSA) is 98.9 Å². The number of rotatable bonds is 5. The highest BCUT2D eigenvalue weighted by atomic mass is 17.2. The van der Waals surface area contributed by atoms with Gasteiger partial charge in [-0.3, -0.25) is 4.89 Å². The van der Waals surface area contributed by atoms with Crippen molar-refractivity contribution in [3.63, 3.8) is 0 Å². The number of hydrogen-bond donors (Lipinski definition) is 0. The first-order valence-corrected chi connectivity index (χ1v) is 5.63. The van der Waals surface area contributed by atoms with Gasteiger partial charge < -0.3 is 4.74 Å². The van der Waals surface area contributed by atoms with Gasteiger partial charge in [0.1, 0.15) is 0 Å². The highest BCUT2D eigenvalue weighted by molar-refractivity contribution is 6.42. The fourth-order valence-corrected chi connectivity index (χ4v) is 2.17. The van der Waals surface area contributed by atoms with Crippen LogP contribution in [-0.2, 0) is 24.1 Å². The lowest BCUT2D eigenvalue weighted by atomic mass is 9.82. The van der Waals surface area contributed by atoms with Crippen LogP contribution in [0, 0.1) is 0 Å². The number of hydrogen-bond acceptors (Lipinski definition) is 8. The van der Waals surface area contributed by atoms with Crippen molar-refractivity contribution in [1.29, 1.82) is 0 Å². The number of carbonyl (C=O) groups excluding carboxylic acids is 2. The molecule has 0 spiro atoms. The number of ether oxygens (including phenoxy) is 1. The van der Waals surface area contributed by atoms with E-state index in [2.05, 4.69) is 33.0 Å². The zero-order chi connectivity index (χ0) is 14.5. The molecule has 8 heteroatoms. The lowest BCUT2D eigenvalue weighted by Crippen LogP contribution is -2.65. The van der Waals surface area contributed by atoms with Crippen LogP contribution in [0.5, 0.6) is 0 Å². The van der Waals surface area contributed by atoms with Crippen LogP contribution < -0.4 is 0 Å². The van der Waals surface area contributed by atoms with Crippen LogP contribution in [0.15, 0.2) is 40.3 Å². The standard InChI is InChI=1S/C12H9N3O5/c1-4-6(16)18-12-9-13-8(14-10(12)15-9)11(12,3)20-19-7(17)5-2/h4-5H,1-2H2,3H3. The van der Waals surface area contributed by atoms with Crippen molar-refractivity contribution in [3.8, 4) is 0 Å². The normalized spacial score (nSPS) is 31.6. The molecule has 2 bridgehead atoms. The number of amidine groups is 3. The van der Waals surface area contributed by atoms with Crippen LogP contribution in [0.25, 0.3) is 0 Å². The van der Waals surface area contributed by atoms with Gasteiger partial charge >= 0.3 is 11.9 Å². The quantitative estimate of drug-likeness (QED) is 0.307. The Hall–Kier alpha value is -2.61. The summed E-state index contributed by atoms with van der Waals surface area (Å²) in [4.78, 5) is 44.5. The fraction of sp³-hybridized carbons (Fsp3) is 0.250. The van der Waals surface area contributed by atoms with Crippen molar-refractivity contribution < 1.29 is 24.1 Å². The number of fused-ring (bicyclic) bond motifs is 1. The molecule has 0 aliphatic carbocycles. The predicted octanol–water partition coefficient (Wildman–Crippen LogP) is 0.110. The summed E-state index contributed by atoms with van der Waals surface area (Å²) in [6.07, 6.45) is 1.94. The summed E-state index contributed by atoms with van der Waals surface area (Å²) in [7, 11) is 0. The lowest BCUT2D eigenvalue weighted by Gasteiger charge is -2.38. The van der Waals surface area contributed by atoms with Crippen LogP contribution in [-0.4, -0.2) is 40.6 Å². The van der Waals surface area contributed by atoms with Crippen molar-refractivity contribution in [2.45, 2.75) is 18.1 Å². The summed E-state index contributed by atoms with van der Waals surface area (Å²) in [5.41, 5.74) is -2.74. The van der Waals surface area contributed by atoms with Crippen molar-refractivity contribution in [3.05, 3.63) is 25.3 Å². The average molecular weight is 275 g/mol. The summed E-state index contributed by atoms with van der Waals surface area (Å²) in [5, 5.41) is 0. The van der Waals surface area contributed by atoms with Crippen molar-refractivity contribution in [2.75, 3.05) is 0 Å². The number of esters is 1. The van der Waals surface area contributed by atoms with Crippen LogP contribution in [0.4, 0.5) is 0 Å². The third-order valence-corrected chi connectivity index (χ3v) is 3.24. The van der Waals surface area contributed by atoms with E-state index in [9.17, 15) is 9.59 Å². The molecule has 2 unspecified atom stereocenters. The van der Waals surface area contributed by atoms with Crippen LogP contribution in [0.3, 0.4) is 0 Å². The Bertz CT molecular complexity index is 655. The maximum absolute atomic E-state index is 11.5. The van der Waals surface area contributed by atoms with Crippen molar-refractivity contribution in [1.82, 2.24) is 0 Å². The molecule has 102 valence electrons.